The average Bonchev–Trinajstić information content (AvgIpc) is 2.10. The maximum atomic E-state index is 11.2. The monoisotopic (exact) mass is 200 g/mol. The Morgan fingerprint density at radius 1 is 1.57 bits per heavy atom. The van der Waals surface area contributed by atoms with Crippen molar-refractivity contribution in [2.75, 3.05) is 6.54 Å². The summed E-state index contributed by atoms with van der Waals surface area (Å²) in [6, 6.07) is -0.735. The number of nitrogens with zero attached hydrogens (tertiary/aromatic N) is 1. The Kier molecular flexibility index (Phi) is 3.06. The van der Waals surface area contributed by atoms with E-state index in [9.17, 15) is 14.4 Å². The Morgan fingerprint density at radius 2 is 2.21 bits per heavy atom. The standard InChI is InChI=1S/C8H12N2O4/c1-5(9-6(2)11)8(13)14-10-4-3-7(10)12/h5H,3-4H2,1-2H3,(H,9,11). The molecule has 1 fully saturated rings. The van der Waals surface area contributed by atoms with Crippen LogP contribution in [0.15, 0.2) is 0 Å². The lowest BCUT2D eigenvalue weighted by Crippen LogP contribution is -2.48. The van der Waals surface area contributed by atoms with E-state index >= 15 is 0 Å². The zero-order valence-electron chi connectivity index (χ0n) is 8.07. The second-order valence-electron chi connectivity index (χ2n) is 3.08. The molecule has 0 aromatic carbocycles. The number of hydrogen-bond donors (Lipinski definition) is 1. The summed E-state index contributed by atoms with van der Waals surface area (Å²) in [7, 11) is 0. The molecule has 1 N–H and O–H groups in total. The fourth-order valence-corrected chi connectivity index (χ4v) is 0.942. The maximum absolute atomic E-state index is 11.2. The first-order chi connectivity index (χ1) is 6.50. The number of amides is 2. The normalized spacial score (nSPS) is 17.0. The lowest BCUT2D eigenvalue weighted by molar-refractivity contribution is -0.213. The van der Waals surface area contributed by atoms with Crippen molar-refractivity contribution in [1.82, 2.24) is 10.4 Å². The lowest BCUT2D eigenvalue weighted by Gasteiger charge is -2.29. The third-order valence-corrected chi connectivity index (χ3v) is 1.78. The van der Waals surface area contributed by atoms with Gasteiger partial charge in [0.2, 0.25) is 5.91 Å². The van der Waals surface area contributed by atoms with Gasteiger partial charge in [-0.25, -0.2) is 4.79 Å². The molecule has 1 saturated heterocycles. The van der Waals surface area contributed by atoms with E-state index in [4.69, 9.17) is 4.84 Å². The number of hydroxylamine groups is 2. The first-order valence-electron chi connectivity index (χ1n) is 4.30. The van der Waals surface area contributed by atoms with Crippen LogP contribution in [0.5, 0.6) is 0 Å². The smallest absolute Gasteiger partial charge is 0.343 e. The molecule has 0 aromatic heterocycles. The van der Waals surface area contributed by atoms with Gasteiger partial charge in [0.15, 0.2) is 0 Å². The predicted molar refractivity (Wildman–Crippen MR) is 45.7 cm³/mol. The Balaban J connectivity index is 2.33. The molecule has 0 saturated carbocycles. The van der Waals surface area contributed by atoms with Crippen molar-refractivity contribution >= 4 is 17.8 Å². The highest BCUT2D eigenvalue weighted by Crippen LogP contribution is 2.09. The fraction of sp³-hybridized carbons (Fsp3) is 0.625. The summed E-state index contributed by atoms with van der Waals surface area (Å²) in [6.07, 6.45) is 0.405. The molecule has 2 amide bonds. The van der Waals surface area contributed by atoms with E-state index in [0.29, 0.717) is 13.0 Å². The molecule has 0 aliphatic carbocycles. The first-order valence-corrected chi connectivity index (χ1v) is 4.30. The van der Waals surface area contributed by atoms with Crippen molar-refractivity contribution in [3.63, 3.8) is 0 Å². The summed E-state index contributed by atoms with van der Waals surface area (Å²) in [4.78, 5) is 37.3. The number of rotatable bonds is 3. The van der Waals surface area contributed by atoms with Crippen LogP contribution in [0.25, 0.3) is 0 Å². The van der Waals surface area contributed by atoms with E-state index in [-0.39, 0.29) is 11.8 Å². The topological polar surface area (TPSA) is 75.7 Å². The molecular weight excluding hydrogens is 188 g/mol. The predicted octanol–water partition coefficient (Wildman–Crippen LogP) is -0.798. The van der Waals surface area contributed by atoms with Crippen LogP contribution >= 0.6 is 0 Å². The van der Waals surface area contributed by atoms with Gasteiger partial charge in [-0.3, -0.25) is 9.59 Å². The molecular formula is C8H12N2O4. The molecule has 6 heteroatoms. The maximum Gasteiger partial charge on any atom is 0.354 e. The van der Waals surface area contributed by atoms with Crippen LogP contribution in [0.1, 0.15) is 20.3 Å². The highest BCUT2D eigenvalue weighted by molar-refractivity contribution is 5.85. The van der Waals surface area contributed by atoms with Crippen LogP contribution in [0.3, 0.4) is 0 Å². The fourth-order valence-electron chi connectivity index (χ4n) is 0.942. The van der Waals surface area contributed by atoms with Crippen LogP contribution in [0.2, 0.25) is 0 Å². The molecule has 0 aromatic rings. The van der Waals surface area contributed by atoms with Crippen LogP contribution in [-0.4, -0.2) is 35.4 Å². The van der Waals surface area contributed by atoms with E-state index in [1.54, 1.807) is 0 Å². The summed E-state index contributed by atoms with van der Waals surface area (Å²) >= 11 is 0. The molecule has 0 bridgehead atoms. The molecule has 0 spiro atoms. The summed E-state index contributed by atoms with van der Waals surface area (Å²) in [6.45, 7) is 3.23. The van der Waals surface area contributed by atoms with Crippen LogP contribution < -0.4 is 5.32 Å². The van der Waals surface area contributed by atoms with Gasteiger partial charge < -0.3 is 10.2 Å². The molecule has 6 nitrogen and oxygen atoms in total. The molecule has 0 radical (unpaired) electrons. The summed E-state index contributed by atoms with van der Waals surface area (Å²) in [5.74, 6) is -1.16. The zero-order valence-corrected chi connectivity index (χ0v) is 8.07. The number of β-lactam (4-membered cyclic amide) rings is 1. The van der Waals surface area contributed by atoms with E-state index < -0.39 is 12.0 Å². The summed E-state index contributed by atoms with van der Waals surface area (Å²) < 4.78 is 0. The Hall–Kier alpha value is -1.59. The Morgan fingerprint density at radius 3 is 2.57 bits per heavy atom. The highest BCUT2D eigenvalue weighted by atomic mass is 16.7. The lowest BCUT2D eigenvalue weighted by atomic mass is 10.3. The molecule has 14 heavy (non-hydrogen) atoms. The van der Waals surface area contributed by atoms with Gasteiger partial charge in [-0.15, -0.1) is 0 Å². The van der Waals surface area contributed by atoms with Gasteiger partial charge in [-0.05, 0) is 6.92 Å². The van der Waals surface area contributed by atoms with E-state index in [1.165, 1.54) is 13.8 Å². The van der Waals surface area contributed by atoms with Gasteiger partial charge in [-0.2, -0.15) is 5.06 Å². The molecule has 1 aliphatic heterocycles. The van der Waals surface area contributed by atoms with Crippen molar-refractivity contribution in [1.29, 1.82) is 0 Å². The van der Waals surface area contributed by atoms with Crippen molar-refractivity contribution < 1.29 is 19.2 Å². The van der Waals surface area contributed by atoms with Gasteiger partial charge in [0, 0.05) is 6.92 Å². The van der Waals surface area contributed by atoms with Crippen LogP contribution in [-0.2, 0) is 19.2 Å². The number of hydrogen-bond acceptors (Lipinski definition) is 4. The van der Waals surface area contributed by atoms with Crippen molar-refractivity contribution in [2.45, 2.75) is 26.3 Å². The quantitative estimate of drug-likeness (QED) is 0.605. The minimum absolute atomic E-state index is 0.214. The van der Waals surface area contributed by atoms with Crippen LogP contribution in [0, 0.1) is 0 Å². The molecule has 1 unspecified atom stereocenters. The van der Waals surface area contributed by atoms with Gasteiger partial charge in [-0.1, -0.05) is 0 Å². The average molecular weight is 200 g/mol. The third-order valence-electron chi connectivity index (χ3n) is 1.78. The van der Waals surface area contributed by atoms with Gasteiger partial charge in [0.25, 0.3) is 5.91 Å². The Labute approximate surface area is 81.1 Å². The van der Waals surface area contributed by atoms with E-state index in [1.807, 2.05) is 0 Å². The number of carbonyl (C=O) groups is 3. The first kappa shape index (κ1) is 10.5. The van der Waals surface area contributed by atoms with Gasteiger partial charge in [0.05, 0.1) is 13.0 Å². The van der Waals surface area contributed by atoms with Crippen molar-refractivity contribution in [3.05, 3.63) is 0 Å². The minimum Gasteiger partial charge on any atom is -0.343 e. The summed E-state index contributed by atoms with van der Waals surface area (Å²) in [5, 5.41) is 3.35. The Bertz CT molecular complexity index is 277. The van der Waals surface area contributed by atoms with Crippen molar-refractivity contribution in [3.8, 4) is 0 Å². The minimum atomic E-state index is -0.735. The molecule has 1 aliphatic rings. The van der Waals surface area contributed by atoms with E-state index in [2.05, 4.69) is 5.32 Å². The van der Waals surface area contributed by atoms with Gasteiger partial charge in [0.1, 0.15) is 6.04 Å². The molecule has 78 valence electrons. The largest absolute Gasteiger partial charge is 0.354 e. The SMILES string of the molecule is CC(=O)NC(C)C(=O)ON1CCC1=O. The van der Waals surface area contributed by atoms with Crippen molar-refractivity contribution in [2.24, 2.45) is 0 Å². The molecule has 1 rings (SSSR count). The van der Waals surface area contributed by atoms with E-state index in [0.717, 1.165) is 5.06 Å². The number of nitrogens with one attached hydrogen (secondary N) is 1. The number of carbonyl (C=O) groups excluding carboxylic acids is 3. The third kappa shape index (κ3) is 2.45. The van der Waals surface area contributed by atoms with Crippen LogP contribution in [0.4, 0.5) is 0 Å². The molecule has 1 heterocycles. The molecule has 1 atom stereocenters. The second-order valence-corrected chi connectivity index (χ2v) is 3.08. The summed E-state index contributed by atoms with van der Waals surface area (Å²) in [5.41, 5.74) is 0. The van der Waals surface area contributed by atoms with Gasteiger partial charge >= 0.3 is 5.97 Å². The zero-order chi connectivity index (χ0) is 10.7. The second kappa shape index (κ2) is 4.08. The highest BCUT2D eigenvalue weighted by Gasteiger charge is 2.29.